The van der Waals surface area contributed by atoms with E-state index in [0.717, 1.165) is 38.8 Å². The highest BCUT2D eigenvalue weighted by Crippen LogP contribution is 2.21. The Morgan fingerprint density at radius 3 is 1.96 bits per heavy atom. The summed E-state index contributed by atoms with van der Waals surface area (Å²) in [5, 5.41) is 0. The Labute approximate surface area is 150 Å². The molecule has 2 aliphatic heterocycles. The number of benzene rings is 1. The lowest BCUT2D eigenvalue weighted by Gasteiger charge is -2.32. The van der Waals surface area contributed by atoms with Crippen molar-refractivity contribution in [1.29, 1.82) is 0 Å². The molecule has 0 radical (unpaired) electrons. The molecule has 0 unspecified atom stereocenters. The fraction of sp³-hybridized carbons (Fsp3) is 0.611. The monoisotopic (exact) mass is 365 g/mol. The van der Waals surface area contributed by atoms with Crippen molar-refractivity contribution in [3.8, 4) is 0 Å². The maximum Gasteiger partial charge on any atom is 0.253 e. The van der Waals surface area contributed by atoms with E-state index in [1.165, 1.54) is 0 Å². The summed E-state index contributed by atoms with van der Waals surface area (Å²) in [4.78, 5) is 16.9. The number of amides is 1. The summed E-state index contributed by atoms with van der Waals surface area (Å²) in [6, 6.07) is 6.43. The molecule has 0 N–H and O–H groups in total. The molecular formula is C18H27N3O3S. The quantitative estimate of drug-likeness (QED) is 0.817. The molecule has 6 nitrogen and oxygen atoms in total. The Morgan fingerprint density at radius 2 is 1.40 bits per heavy atom. The first-order valence-corrected chi connectivity index (χ1v) is 10.5. The maximum absolute atomic E-state index is 12.8. The van der Waals surface area contributed by atoms with Crippen LogP contribution < -0.4 is 0 Å². The molecular weight excluding hydrogens is 338 g/mol. The van der Waals surface area contributed by atoms with E-state index in [1.54, 1.807) is 28.6 Å². The number of likely N-dealkylation sites (N-methyl/N-ethyl adjacent to an activating group) is 1. The van der Waals surface area contributed by atoms with Gasteiger partial charge in [0.2, 0.25) is 10.0 Å². The average Bonchev–Trinajstić information content (AvgIpc) is 2.92. The van der Waals surface area contributed by atoms with Crippen LogP contribution in [0.4, 0.5) is 0 Å². The van der Waals surface area contributed by atoms with Gasteiger partial charge in [0.05, 0.1) is 4.90 Å². The van der Waals surface area contributed by atoms with Gasteiger partial charge in [0, 0.05) is 44.8 Å². The van der Waals surface area contributed by atoms with Gasteiger partial charge >= 0.3 is 0 Å². The Kier molecular flexibility index (Phi) is 5.76. The minimum Gasteiger partial charge on any atom is -0.336 e. The molecule has 0 spiro atoms. The van der Waals surface area contributed by atoms with E-state index < -0.39 is 10.0 Å². The first kappa shape index (κ1) is 18.4. The molecule has 25 heavy (non-hydrogen) atoms. The van der Waals surface area contributed by atoms with Gasteiger partial charge in [-0.1, -0.05) is 12.8 Å². The van der Waals surface area contributed by atoms with Crippen LogP contribution in [0, 0.1) is 0 Å². The van der Waals surface area contributed by atoms with Crippen LogP contribution in [-0.2, 0) is 10.0 Å². The lowest BCUT2D eigenvalue weighted by Crippen LogP contribution is -2.47. The molecule has 7 heteroatoms. The second-order valence-electron chi connectivity index (χ2n) is 6.94. The summed E-state index contributed by atoms with van der Waals surface area (Å²) in [6.07, 6.45) is 4.01. The number of hydrogen-bond donors (Lipinski definition) is 0. The van der Waals surface area contributed by atoms with Crippen LogP contribution in [0.1, 0.15) is 36.0 Å². The topological polar surface area (TPSA) is 60.9 Å². The molecule has 2 saturated heterocycles. The highest BCUT2D eigenvalue weighted by atomic mass is 32.2. The minimum atomic E-state index is -3.46. The summed E-state index contributed by atoms with van der Waals surface area (Å²) in [7, 11) is -1.41. The number of hydrogen-bond acceptors (Lipinski definition) is 4. The van der Waals surface area contributed by atoms with Crippen molar-refractivity contribution in [2.75, 3.05) is 46.3 Å². The van der Waals surface area contributed by atoms with Gasteiger partial charge in [-0.3, -0.25) is 4.79 Å². The van der Waals surface area contributed by atoms with Crippen molar-refractivity contribution < 1.29 is 13.2 Å². The zero-order valence-corrected chi connectivity index (χ0v) is 15.7. The zero-order chi connectivity index (χ0) is 17.9. The van der Waals surface area contributed by atoms with Gasteiger partial charge in [-0.2, -0.15) is 4.31 Å². The third-order valence-corrected chi connectivity index (χ3v) is 7.01. The highest BCUT2D eigenvalue weighted by Gasteiger charge is 2.26. The molecule has 2 heterocycles. The summed E-state index contributed by atoms with van der Waals surface area (Å²) < 4.78 is 27.1. The average molecular weight is 365 g/mol. The van der Waals surface area contributed by atoms with Crippen LogP contribution in [0.25, 0.3) is 0 Å². The van der Waals surface area contributed by atoms with Gasteiger partial charge in [-0.25, -0.2) is 8.42 Å². The van der Waals surface area contributed by atoms with Crippen LogP contribution in [-0.4, -0.2) is 74.7 Å². The Bertz CT molecular complexity index is 687. The standard InChI is InChI=1S/C18H27N3O3S/c1-19-12-14-20(15-13-19)18(22)16-6-8-17(9-7-16)25(23,24)21-10-4-2-3-5-11-21/h6-9H,2-5,10-15H2,1H3. The zero-order valence-electron chi connectivity index (χ0n) is 14.9. The van der Waals surface area contributed by atoms with Gasteiger partial charge in [0.25, 0.3) is 5.91 Å². The van der Waals surface area contributed by atoms with Gasteiger partial charge in [-0.05, 0) is 44.2 Å². The molecule has 1 aromatic carbocycles. The molecule has 0 atom stereocenters. The number of carbonyl (C=O) groups excluding carboxylic acids is 1. The van der Waals surface area contributed by atoms with Gasteiger partial charge in [0.1, 0.15) is 0 Å². The normalized spacial score (nSPS) is 21.1. The SMILES string of the molecule is CN1CCN(C(=O)c2ccc(S(=O)(=O)N3CCCCCC3)cc2)CC1. The Balaban J connectivity index is 1.72. The van der Waals surface area contributed by atoms with Crippen molar-refractivity contribution in [1.82, 2.24) is 14.1 Å². The van der Waals surface area contributed by atoms with E-state index >= 15 is 0 Å². The number of carbonyl (C=O) groups is 1. The van der Waals surface area contributed by atoms with Crippen molar-refractivity contribution in [2.24, 2.45) is 0 Å². The van der Waals surface area contributed by atoms with Crippen molar-refractivity contribution in [2.45, 2.75) is 30.6 Å². The first-order valence-electron chi connectivity index (χ1n) is 9.06. The second-order valence-corrected chi connectivity index (χ2v) is 8.88. The summed E-state index contributed by atoms with van der Waals surface area (Å²) in [6.45, 7) is 4.33. The second kappa shape index (κ2) is 7.85. The third-order valence-electron chi connectivity index (χ3n) is 5.09. The lowest BCUT2D eigenvalue weighted by atomic mass is 10.2. The van der Waals surface area contributed by atoms with Gasteiger partial charge in [-0.15, -0.1) is 0 Å². The van der Waals surface area contributed by atoms with E-state index in [1.807, 2.05) is 11.9 Å². The van der Waals surface area contributed by atoms with E-state index in [9.17, 15) is 13.2 Å². The van der Waals surface area contributed by atoms with Crippen LogP contribution in [0.2, 0.25) is 0 Å². The minimum absolute atomic E-state index is 0.0215. The molecule has 1 amide bonds. The largest absolute Gasteiger partial charge is 0.336 e. The number of rotatable bonds is 3. The van der Waals surface area contributed by atoms with E-state index in [2.05, 4.69) is 4.90 Å². The molecule has 3 rings (SSSR count). The molecule has 1 aromatic rings. The Hall–Kier alpha value is -1.44. The molecule has 138 valence electrons. The molecule has 0 saturated carbocycles. The summed E-state index contributed by atoms with van der Waals surface area (Å²) >= 11 is 0. The number of piperazine rings is 1. The fourth-order valence-electron chi connectivity index (χ4n) is 3.39. The van der Waals surface area contributed by atoms with Crippen LogP contribution in [0.5, 0.6) is 0 Å². The summed E-state index contributed by atoms with van der Waals surface area (Å²) in [5.41, 5.74) is 0.555. The number of nitrogens with zero attached hydrogens (tertiary/aromatic N) is 3. The van der Waals surface area contributed by atoms with Crippen LogP contribution >= 0.6 is 0 Å². The predicted octanol–water partition coefficient (Wildman–Crippen LogP) is 1.64. The van der Waals surface area contributed by atoms with Crippen LogP contribution in [0.15, 0.2) is 29.2 Å². The molecule has 2 aliphatic rings. The molecule has 0 aliphatic carbocycles. The summed E-state index contributed by atoms with van der Waals surface area (Å²) in [5.74, 6) is -0.0215. The maximum atomic E-state index is 12.8. The van der Waals surface area contributed by atoms with Crippen molar-refractivity contribution in [3.63, 3.8) is 0 Å². The fourth-order valence-corrected chi connectivity index (χ4v) is 4.91. The third kappa shape index (κ3) is 4.22. The van der Waals surface area contributed by atoms with Gasteiger partial charge < -0.3 is 9.80 Å². The smallest absolute Gasteiger partial charge is 0.253 e. The van der Waals surface area contributed by atoms with Crippen LogP contribution in [0.3, 0.4) is 0 Å². The number of sulfonamides is 1. The highest BCUT2D eigenvalue weighted by molar-refractivity contribution is 7.89. The molecule has 2 fully saturated rings. The Morgan fingerprint density at radius 1 is 0.840 bits per heavy atom. The molecule has 0 aromatic heterocycles. The van der Waals surface area contributed by atoms with E-state index in [0.29, 0.717) is 31.7 Å². The van der Waals surface area contributed by atoms with E-state index in [4.69, 9.17) is 0 Å². The molecule has 0 bridgehead atoms. The lowest BCUT2D eigenvalue weighted by molar-refractivity contribution is 0.0664. The van der Waals surface area contributed by atoms with Gasteiger partial charge in [0.15, 0.2) is 0 Å². The first-order chi connectivity index (χ1) is 12.0. The predicted molar refractivity (Wildman–Crippen MR) is 97.1 cm³/mol. The van der Waals surface area contributed by atoms with E-state index in [-0.39, 0.29) is 10.8 Å². The van der Waals surface area contributed by atoms with Crippen molar-refractivity contribution >= 4 is 15.9 Å². The van der Waals surface area contributed by atoms with Crippen molar-refractivity contribution in [3.05, 3.63) is 29.8 Å².